The number of nitrogens with zero attached hydrogens (tertiary/aromatic N) is 2. The Balaban J connectivity index is 1.17. The summed E-state index contributed by atoms with van der Waals surface area (Å²) in [6.07, 6.45) is 8.41. The third-order valence-corrected chi connectivity index (χ3v) is 7.80. The Hall–Kier alpha value is -3.45. The van der Waals surface area contributed by atoms with E-state index in [2.05, 4.69) is 34.3 Å². The van der Waals surface area contributed by atoms with Gasteiger partial charge in [-0.3, -0.25) is 14.5 Å². The Morgan fingerprint density at radius 1 is 1.00 bits per heavy atom. The second-order valence-corrected chi connectivity index (χ2v) is 9.93. The third-order valence-electron chi connectivity index (χ3n) is 7.80. The minimum Gasteiger partial charge on any atom is -0.480 e. The molecule has 7 heteroatoms. The highest BCUT2D eigenvalue weighted by Gasteiger charge is 2.38. The van der Waals surface area contributed by atoms with Crippen LogP contribution in [-0.4, -0.2) is 64.0 Å². The van der Waals surface area contributed by atoms with Crippen molar-refractivity contribution in [1.82, 2.24) is 14.8 Å². The molecule has 3 heterocycles. The van der Waals surface area contributed by atoms with Gasteiger partial charge in [-0.05, 0) is 86.0 Å². The normalized spacial score (nSPS) is 19.2. The molecule has 0 spiro atoms. The molecule has 5 rings (SSSR count). The van der Waals surface area contributed by atoms with Crippen molar-refractivity contribution in [1.29, 1.82) is 0 Å². The number of likely N-dealkylation sites (tertiary alicyclic amines) is 2. The van der Waals surface area contributed by atoms with E-state index >= 15 is 0 Å². The van der Waals surface area contributed by atoms with Gasteiger partial charge in [0.1, 0.15) is 11.9 Å². The summed E-state index contributed by atoms with van der Waals surface area (Å²) in [5, 5.41) is 11.4. The van der Waals surface area contributed by atoms with Crippen LogP contribution in [0.4, 0.5) is 4.39 Å². The fourth-order valence-electron chi connectivity index (χ4n) is 5.90. The Morgan fingerprint density at radius 2 is 1.75 bits per heavy atom. The molecule has 1 amide bonds. The number of para-hydroxylation sites is 1. The number of carboxylic acids is 1. The van der Waals surface area contributed by atoms with Crippen molar-refractivity contribution in [2.75, 3.05) is 26.2 Å². The van der Waals surface area contributed by atoms with Gasteiger partial charge in [0.2, 0.25) is 5.91 Å². The average molecular weight is 490 g/mol. The average Bonchev–Trinajstić information content (AvgIpc) is 3.32. The van der Waals surface area contributed by atoms with Gasteiger partial charge in [-0.25, -0.2) is 4.39 Å². The van der Waals surface area contributed by atoms with E-state index in [9.17, 15) is 19.1 Å². The number of rotatable bonds is 6. The van der Waals surface area contributed by atoms with Gasteiger partial charge in [0.15, 0.2) is 0 Å². The van der Waals surface area contributed by atoms with Crippen molar-refractivity contribution in [2.45, 2.75) is 37.6 Å². The number of halogens is 1. The fraction of sp³-hybridized carbons (Fsp3) is 0.379. The summed E-state index contributed by atoms with van der Waals surface area (Å²) < 4.78 is 13.4. The summed E-state index contributed by atoms with van der Waals surface area (Å²) in [6, 6.07) is 13.9. The molecule has 2 saturated heterocycles. The number of H-pyrrole nitrogens is 1. The van der Waals surface area contributed by atoms with Crippen molar-refractivity contribution in [3.05, 3.63) is 77.7 Å². The number of benzene rings is 2. The molecule has 188 valence electrons. The Bertz CT molecular complexity index is 1250. The number of aromatic amines is 1. The monoisotopic (exact) mass is 489 g/mol. The second kappa shape index (κ2) is 10.7. The van der Waals surface area contributed by atoms with Gasteiger partial charge >= 0.3 is 5.97 Å². The molecule has 0 aliphatic carbocycles. The van der Waals surface area contributed by atoms with E-state index in [0.29, 0.717) is 37.4 Å². The van der Waals surface area contributed by atoms with Crippen LogP contribution in [0.5, 0.6) is 0 Å². The van der Waals surface area contributed by atoms with Crippen LogP contribution in [0.3, 0.4) is 0 Å². The summed E-state index contributed by atoms with van der Waals surface area (Å²) >= 11 is 0. The summed E-state index contributed by atoms with van der Waals surface area (Å²) in [6.45, 7) is 2.59. The zero-order valence-corrected chi connectivity index (χ0v) is 20.3. The number of hydrogen-bond donors (Lipinski definition) is 2. The molecule has 36 heavy (non-hydrogen) atoms. The van der Waals surface area contributed by atoms with Crippen LogP contribution >= 0.6 is 0 Å². The van der Waals surface area contributed by atoms with Crippen molar-refractivity contribution >= 4 is 28.9 Å². The van der Waals surface area contributed by atoms with Gasteiger partial charge in [-0.1, -0.05) is 30.3 Å². The van der Waals surface area contributed by atoms with Crippen molar-refractivity contribution in [2.24, 2.45) is 5.92 Å². The van der Waals surface area contributed by atoms with Crippen LogP contribution in [0.15, 0.2) is 60.8 Å². The van der Waals surface area contributed by atoms with E-state index in [1.165, 1.54) is 29.2 Å². The predicted molar refractivity (Wildman–Crippen MR) is 138 cm³/mol. The first-order valence-corrected chi connectivity index (χ1v) is 12.7. The number of carbonyl (C=O) groups is 2. The van der Waals surface area contributed by atoms with Gasteiger partial charge < -0.3 is 15.0 Å². The standard InChI is InChI=1S/C29H32FN3O3/c30-23-5-3-4-20(18-23)8-9-27(34)32-14-12-22(13-15-32)28(29(35)36)33-16-10-21(11-17-33)25-19-31-26-7-2-1-6-24(25)26/h1-9,18-19,21-22,28,31H,10-17H2,(H,35,36)/b9-8+. The topological polar surface area (TPSA) is 76.6 Å². The van der Waals surface area contributed by atoms with Crippen LogP contribution in [0.25, 0.3) is 17.0 Å². The van der Waals surface area contributed by atoms with Crippen LogP contribution in [0.2, 0.25) is 0 Å². The van der Waals surface area contributed by atoms with Crippen molar-refractivity contribution in [3.8, 4) is 0 Å². The smallest absolute Gasteiger partial charge is 0.321 e. The van der Waals surface area contributed by atoms with Gasteiger partial charge in [-0.2, -0.15) is 0 Å². The number of amides is 1. The molecule has 2 N–H and O–H groups in total. The zero-order chi connectivity index (χ0) is 25.1. The minimum atomic E-state index is -0.767. The molecule has 1 unspecified atom stereocenters. The molecule has 2 aromatic carbocycles. The molecule has 0 radical (unpaired) electrons. The van der Waals surface area contributed by atoms with Crippen LogP contribution in [0.1, 0.15) is 42.7 Å². The van der Waals surface area contributed by atoms with Gasteiger partial charge in [-0.15, -0.1) is 0 Å². The highest BCUT2D eigenvalue weighted by atomic mass is 19.1. The number of nitrogens with one attached hydrogen (secondary N) is 1. The lowest BCUT2D eigenvalue weighted by atomic mass is 9.84. The maximum atomic E-state index is 13.4. The highest BCUT2D eigenvalue weighted by molar-refractivity contribution is 5.91. The summed E-state index contributed by atoms with van der Waals surface area (Å²) in [5.41, 5.74) is 3.11. The maximum absolute atomic E-state index is 13.4. The molecule has 2 aliphatic rings. The van der Waals surface area contributed by atoms with E-state index in [1.54, 1.807) is 23.1 Å². The van der Waals surface area contributed by atoms with Gasteiger partial charge in [0.25, 0.3) is 0 Å². The van der Waals surface area contributed by atoms with Crippen LogP contribution < -0.4 is 0 Å². The number of aliphatic carboxylic acids is 1. The first kappa shape index (κ1) is 24.3. The Labute approximate surface area is 210 Å². The lowest BCUT2D eigenvalue weighted by Crippen LogP contribution is -2.52. The first-order chi connectivity index (χ1) is 17.5. The second-order valence-electron chi connectivity index (χ2n) is 9.93. The lowest BCUT2D eigenvalue weighted by Gasteiger charge is -2.41. The number of piperidine rings is 2. The maximum Gasteiger partial charge on any atom is 0.321 e. The Morgan fingerprint density at radius 3 is 2.47 bits per heavy atom. The molecule has 3 aromatic rings. The Kier molecular flexibility index (Phi) is 7.18. The van der Waals surface area contributed by atoms with E-state index in [1.807, 2.05) is 6.07 Å². The molecule has 6 nitrogen and oxygen atoms in total. The van der Waals surface area contributed by atoms with Crippen molar-refractivity contribution < 1.29 is 19.1 Å². The molecule has 0 saturated carbocycles. The molecule has 0 bridgehead atoms. The third kappa shape index (κ3) is 5.21. The first-order valence-electron chi connectivity index (χ1n) is 12.7. The molecular formula is C29H32FN3O3. The van der Waals surface area contributed by atoms with E-state index in [4.69, 9.17) is 0 Å². The molecule has 2 fully saturated rings. The van der Waals surface area contributed by atoms with Crippen LogP contribution in [0, 0.1) is 11.7 Å². The van der Waals surface area contributed by atoms with E-state index < -0.39 is 12.0 Å². The summed E-state index contributed by atoms with van der Waals surface area (Å²) in [7, 11) is 0. The highest BCUT2D eigenvalue weighted by Crippen LogP contribution is 2.35. The number of carboxylic acid groups (broad SMARTS) is 1. The molecule has 2 aliphatic heterocycles. The number of carbonyl (C=O) groups excluding carboxylic acids is 1. The number of hydrogen-bond acceptors (Lipinski definition) is 3. The predicted octanol–water partition coefficient (Wildman–Crippen LogP) is 4.89. The largest absolute Gasteiger partial charge is 0.480 e. The fourth-order valence-corrected chi connectivity index (χ4v) is 5.90. The number of aromatic nitrogens is 1. The molecule has 1 aromatic heterocycles. The number of fused-ring (bicyclic) bond motifs is 1. The van der Waals surface area contributed by atoms with Gasteiger partial charge in [0, 0.05) is 36.3 Å². The van der Waals surface area contributed by atoms with Crippen LogP contribution in [-0.2, 0) is 9.59 Å². The van der Waals surface area contributed by atoms with E-state index in [0.717, 1.165) is 31.4 Å². The quantitative estimate of drug-likeness (QED) is 0.484. The summed E-state index contributed by atoms with van der Waals surface area (Å²) in [5.74, 6) is -0.782. The molecule has 1 atom stereocenters. The molecular weight excluding hydrogens is 457 g/mol. The summed E-state index contributed by atoms with van der Waals surface area (Å²) in [4.78, 5) is 32.2. The lowest BCUT2D eigenvalue weighted by molar-refractivity contribution is -0.147. The zero-order valence-electron chi connectivity index (χ0n) is 20.3. The van der Waals surface area contributed by atoms with Crippen molar-refractivity contribution in [3.63, 3.8) is 0 Å². The van der Waals surface area contributed by atoms with Gasteiger partial charge in [0.05, 0.1) is 0 Å². The minimum absolute atomic E-state index is 0.0170. The SMILES string of the molecule is O=C(O)C(C1CCN(C(=O)/C=C/c2cccc(F)c2)CC1)N1CCC(c2c[nH]c3ccccc23)CC1. The van der Waals surface area contributed by atoms with E-state index in [-0.39, 0.29) is 17.6 Å².